The minimum absolute atomic E-state index is 0.183. The molecule has 0 aromatic rings. The fourth-order valence-electron chi connectivity index (χ4n) is 2.03. The highest BCUT2D eigenvalue weighted by Gasteiger charge is 2.38. The maximum absolute atomic E-state index is 5.60. The maximum atomic E-state index is 5.60. The maximum Gasteiger partial charge on any atom is 0.327 e. The van der Waals surface area contributed by atoms with E-state index in [-0.39, 0.29) is 5.04 Å². The van der Waals surface area contributed by atoms with Gasteiger partial charge in [-0.3, -0.25) is 0 Å². The van der Waals surface area contributed by atoms with Gasteiger partial charge < -0.3 is 8.85 Å². The van der Waals surface area contributed by atoms with E-state index in [9.17, 15) is 0 Å². The molecule has 0 aliphatic rings. The third-order valence-corrected chi connectivity index (χ3v) is 5.89. The Labute approximate surface area is 102 Å². The molecule has 2 nitrogen and oxygen atoms in total. The van der Waals surface area contributed by atoms with E-state index >= 15 is 0 Å². The van der Waals surface area contributed by atoms with E-state index < -0.39 is 9.28 Å². The zero-order valence-corrected chi connectivity index (χ0v) is 12.5. The Kier molecular flexibility index (Phi) is 8.52. The molecule has 16 heavy (non-hydrogen) atoms. The largest absolute Gasteiger partial charge is 0.400 e. The second kappa shape index (κ2) is 8.73. The summed E-state index contributed by atoms with van der Waals surface area (Å²) in [7, 11) is 1.94. The van der Waals surface area contributed by atoms with Crippen LogP contribution in [0.5, 0.6) is 0 Å². The molecule has 0 spiro atoms. The van der Waals surface area contributed by atoms with Crippen molar-refractivity contribution in [3.05, 3.63) is 24.3 Å². The lowest BCUT2D eigenvalue weighted by atomic mass is 9.96. The molecular formula is C13H26O2Si. The average molecular weight is 242 g/mol. The standard InChI is InChI=1S/C13H26O2Si/c1-6-9-11-13(8-3,12-10-7-2)16(14-4)15-5/h6-7,9-10,16H,8,11-12H2,1-5H3/b9-6+,10-7+. The van der Waals surface area contributed by atoms with Gasteiger partial charge in [-0.2, -0.15) is 0 Å². The number of rotatable bonds is 8. The average Bonchev–Trinajstić information content (AvgIpc) is 2.33. The van der Waals surface area contributed by atoms with E-state index in [1.54, 1.807) is 14.2 Å². The Morgan fingerprint density at radius 2 is 1.44 bits per heavy atom. The molecule has 3 heteroatoms. The Hall–Kier alpha value is -0.383. The molecule has 94 valence electrons. The summed E-state index contributed by atoms with van der Waals surface area (Å²) in [5.41, 5.74) is 0. The molecule has 0 aliphatic carbocycles. The molecule has 0 bridgehead atoms. The van der Waals surface area contributed by atoms with Crippen LogP contribution >= 0.6 is 0 Å². The van der Waals surface area contributed by atoms with Gasteiger partial charge in [0.2, 0.25) is 0 Å². The van der Waals surface area contributed by atoms with Crippen molar-refractivity contribution in [2.45, 2.75) is 45.1 Å². The first-order chi connectivity index (χ1) is 7.70. The summed E-state index contributed by atoms with van der Waals surface area (Å²) in [6.07, 6.45) is 11.9. The van der Waals surface area contributed by atoms with Gasteiger partial charge in [0.05, 0.1) is 0 Å². The van der Waals surface area contributed by atoms with Gasteiger partial charge in [-0.15, -0.1) is 0 Å². The van der Waals surface area contributed by atoms with E-state index in [4.69, 9.17) is 8.85 Å². The minimum atomic E-state index is -1.61. The molecule has 0 amide bonds. The first-order valence-electron chi connectivity index (χ1n) is 5.98. The summed E-state index contributed by atoms with van der Waals surface area (Å²) >= 11 is 0. The predicted octanol–water partition coefficient (Wildman–Crippen LogP) is 3.58. The predicted molar refractivity (Wildman–Crippen MR) is 73.0 cm³/mol. The summed E-state index contributed by atoms with van der Waals surface area (Å²) in [6.45, 7) is 6.35. The molecular weight excluding hydrogens is 216 g/mol. The van der Waals surface area contributed by atoms with Gasteiger partial charge in [-0.05, 0) is 33.1 Å². The fourth-order valence-corrected chi connectivity index (χ4v) is 4.22. The van der Waals surface area contributed by atoms with Gasteiger partial charge in [0, 0.05) is 19.3 Å². The van der Waals surface area contributed by atoms with Gasteiger partial charge in [0.15, 0.2) is 0 Å². The van der Waals surface area contributed by atoms with Crippen molar-refractivity contribution >= 4 is 9.28 Å². The quantitative estimate of drug-likeness (QED) is 0.478. The molecule has 0 aromatic carbocycles. The third-order valence-electron chi connectivity index (χ3n) is 3.15. The van der Waals surface area contributed by atoms with Crippen LogP contribution in [-0.2, 0) is 8.85 Å². The van der Waals surface area contributed by atoms with E-state index in [0.717, 1.165) is 19.3 Å². The molecule has 0 N–H and O–H groups in total. The summed E-state index contributed by atoms with van der Waals surface area (Å²) in [5.74, 6) is 0. The van der Waals surface area contributed by atoms with Gasteiger partial charge in [0.1, 0.15) is 0 Å². The molecule has 0 saturated carbocycles. The zero-order chi connectivity index (χ0) is 12.4. The van der Waals surface area contributed by atoms with Crippen LogP contribution in [0.25, 0.3) is 0 Å². The van der Waals surface area contributed by atoms with Crippen LogP contribution in [0, 0.1) is 0 Å². The molecule has 0 aromatic heterocycles. The Morgan fingerprint density at radius 1 is 1.00 bits per heavy atom. The second-order valence-corrected chi connectivity index (χ2v) is 6.90. The van der Waals surface area contributed by atoms with Gasteiger partial charge in [0.25, 0.3) is 0 Å². The number of allylic oxidation sites excluding steroid dienone is 4. The van der Waals surface area contributed by atoms with Gasteiger partial charge in [-0.25, -0.2) is 0 Å². The second-order valence-electron chi connectivity index (χ2n) is 4.07. The van der Waals surface area contributed by atoms with E-state index in [0.29, 0.717) is 0 Å². The lowest BCUT2D eigenvalue weighted by Crippen LogP contribution is -2.36. The highest BCUT2D eigenvalue weighted by molar-refractivity contribution is 6.48. The van der Waals surface area contributed by atoms with Crippen molar-refractivity contribution in [3.63, 3.8) is 0 Å². The lowest BCUT2D eigenvalue weighted by Gasteiger charge is -2.35. The summed E-state index contributed by atoms with van der Waals surface area (Å²) < 4.78 is 11.2. The van der Waals surface area contributed by atoms with E-state index in [2.05, 4.69) is 45.1 Å². The van der Waals surface area contributed by atoms with Crippen LogP contribution < -0.4 is 0 Å². The van der Waals surface area contributed by atoms with Gasteiger partial charge in [-0.1, -0.05) is 31.2 Å². The minimum Gasteiger partial charge on any atom is -0.400 e. The Balaban J connectivity index is 4.90. The van der Waals surface area contributed by atoms with Crippen molar-refractivity contribution in [2.75, 3.05) is 14.2 Å². The highest BCUT2D eigenvalue weighted by Crippen LogP contribution is 2.43. The highest BCUT2D eigenvalue weighted by atomic mass is 28.3. The molecule has 0 saturated heterocycles. The van der Waals surface area contributed by atoms with Crippen LogP contribution in [0.15, 0.2) is 24.3 Å². The summed E-state index contributed by atoms with van der Waals surface area (Å²) in [6, 6.07) is 0. The van der Waals surface area contributed by atoms with Crippen LogP contribution in [0.3, 0.4) is 0 Å². The molecule has 0 unspecified atom stereocenters. The Bertz CT molecular complexity index is 206. The lowest BCUT2D eigenvalue weighted by molar-refractivity contribution is 0.234. The van der Waals surface area contributed by atoms with E-state index in [1.807, 2.05) is 0 Å². The van der Waals surface area contributed by atoms with Crippen molar-refractivity contribution in [1.82, 2.24) is 0 Å². The van der Waals surface area contributed by atoms with Crippen LogP contribution in [0.2, 0.25) is 5.04 Å². The Morgan fingerprint density at radius 3 is 1.69 bits per heavy atom. The first kappa shape index (κ1) is 15.6. The molecule has 0 aliphatic heterocycles. The van der Waals surface area contributed by atoms with Crippen LogP contribution in [-0.4, -0.2) is 23.5 Å². The zero-order valence-electron chi connectivity index (χ0n) is 11.3. The van der Waals surface area contributed by atoms with Crippen molar-refractivity contribution in [3.8, 4) is 0 Å². The molecule has 0 rings (SSSR count). The summed E-state index contributed by atoms with van der Waals surface area (Å²) in [5, 5.41) is 0.183. The number of hydrogen-bond acceptors (Lipinski definition) is 2. The van der Waals surface area contributed by atoms with Crippen molar-refractivity contribution < 1.29 is 8.85 Å². The topological polar surface area (TPSA) is 18.5 Å². The monoisotopic (exact) mass is 242 g/mol. The third kappa shape index (κ3) is 4.24. The molecule has 0 fully saturated rings. The first-order valence-corrected chi connectivity index (χ1v) is 7.50. The SMILES string of the molecule is C/C=C/CC(CC)(C/C=C/C)[SiH](OC)OC. The normalized spacial score (nSPS) is 13.4. The number of hydrogen-bond donors (Lipinski definition) is 0. The fraction of sp³-hybridized carbons (Fsp3) is 0.692. The molecule has 0 radical (unpaired) electrons. The molecule has 0 heterocycles. The van der Waals surface area contributed by atoms with E-state index in [1.165, 1.54) is 0 Å². The van der Waals surface area contributed by atoms with Crippen molar-refractivity contribution in [2.24, 2.45) is 0 Å². The van der Waals surface area contributed by atoms with Crippen LogP contribution in [0.1, 0.15) is 40.0 Å². The van der Waals surface area contributed by atoms with Gasteiger partial charge >= 0.3 is 9.28 Å². The summed E-state index contributed by atoms with van der Waals surface area (Å²) in [4.78, 5) is 0. The van der Waals surface area contributed by atoms with Crippen molar-refractivity contribution in [1.29, 1.82) is 0 Å². The van der Waals surface area contributed by atoms with Crippen LogP contribution in [0.4, 0.5) is 0 Å². The smallest absolute Gasteiger partial charge is 0.327 e. The molecule has 0 atom stereocenters.